The van der Waals surface area contributed by atoms with Gasteiger partial charge in [0.1, 0.15) is 11.4 Å². The smallest absolute Gasteiger partial charge is 0.299 e. The Bertz CT molecular complexity index is 1110. The van der Waals surface area contributed by atoms with E-state index in [0.29, 0.717) is 29.3 Å². The van der Waals surface area contributed by atoms with Crippen molar-refractivity contribution in [2.24, 2.45) is 0 Å². The number of nitro benzene ring substituents is 2. The molecule has 0 saturated carbocycles. The van der Waals surface area contributed by atoms with Crippen LogP contribution in [0.3, 0.4) is 0 Å². The normalized spacial score (nSPS) is 10.2. The maximum Gasteiger partial charge on any atom is 0.299 e. The number of hydrogen-bond acceptors (Lipinski definition) is 7. The van der Waals surface area contributed by atoms with E-state index in [4.69, 9.17) is 4.74 Å². The fraction of sp³-hybridized carbons (Fsp3) is 0.0952. The Labute approximate surface area is 176 Å². The second-order valence-corrected chi connectivity index (χ2v) is 6.33. The van der Waals surface area contributed by atoms with E-state index in [1.807, 2.05) is 6.92 Å². The van der Waals surface area contributed by atoms with Crippen LogP contribution in [0.2, 0.25) is 0 Å². The third kappa shape index (κ3) is 5.32. The van der Waals surface area contributed by atoms with Gasteiger partial charge in [0, 0.05) is 23.0 Å². The van der Waals surface area contributed by atoms with E-state index in [1.165, 1.54) is 12.1 Å². The number of amides is 1. The molecule has 3 aromatic carbocycles. The summed E-state index contributed by atoms with van der Waals surface area (Å²) >= 11 is 0. The van der Waals surface area contributed by atoms with Gasteiger partial charge in [-0.25, -0.2) is 0 Å². The minimum atomic E-state index is -0.700. The number of nitro groups is 2. The Morgan fingerprint density at radius 2 is 1.55 bits per heavy atom. The molecule has 0 unspecified atom stereocenters. The highest BCUT2D eigenvalue weighted by molar-refractivity contribution is 6.04. The number of anilines is 3. The van der Waals surface area contributed by atoms with Gasteiger partial charge < -0.3 is 15.4 Å². The highest BCUT2D eigenvalue weighted by atomic mass is 16.6. The SMILES string of the molecule is CCOc1ccc(NC(=O)c2ccc(Nc3ccc([N+](=O)[O-])cc3[N+](=O)[O-])cc2)cc1. The number of carbonyl (C=O) groups excluding carboxylic acids is 1. The lowest BCUT2D eigenvalue weighted by atomic mass is 10.1. The lowest BCUT2D eigenvalue weighted by Crippen LogP contribution is -2.11. The van der Waals surface area contributed by atoms with E-state index in [9.17, 15) is 25.0 Å². The number of ether oxygens (including phenoxy) is 1. The number of hydrogen-bond donors (Lipinski definition) is 2. The van der Waals surface area contributed by atoms with Crippen LogP contribution >= 0.6 is 0 Å². The average Bonchev–Trinajstić information content (AvgIpc) is 2.75. The first-order valence-corrected chi connectivity index (χ1v) is 9.21. The highest BCUT2D eigenvalue weighted by Crippen LogP contribution is 2.31. The average molecular weight is 422 g/mol. The standard InChI is InChI=1S/C21H18N4O6/c1-2-31-18-10-7-16(8-11-18)23-21(26)14-3-5-15(6-4-14)22-19-12-9-17(24(27)28)13-20(19)25(29)30/h3-13,22H,2H2,1H3,(H,23,26). The summed E-state index contributed by atoms with van der Waals surface area (Å²) < 4.78 is 5.36. The molecule has 0 bridgehead atoms. The number of benzene rings is 3. The molecule has 0 fully saturated rings. The summed E-state index contributed by atoms with van der Waals surface area (Å²) in [6.07, 6.45) is 0. The Balaban J connectivity index is 1.71. The Kier molecular flexibility index (Phi) is 6.41. The van der Waals surface area contributed by atoms with Crippen LogP contribution in [-0.2, 0) is 0 Å². The minimum Gasteiger partial charge on any atom is -0.494 e. The predicted octanol–water partition coefficient (Wildman–Crippen LogP) is 4.90. The van der Waals surface area contributed by atoms with E-state index in [-0.39, 0.29) is 17.3 Å². The number of rotatable bonds is 8. The second-order valence-electron chi connectivity index (χ2n) is 6.33. The molecule has 0 aliphatic rings. The van der Waals surface area contributed by atoms with Crippen molar-refractivity contribution in [1.82, 2.24) is 0 Å². The number of nitrogens with one attached hydrogen (secondary N) is 2. The van der Waals surface area contributed by atoms with Gasteiger partial charge in [0.05, 0.1) is 22.5 Å². The summed E-state index contributed by atoms with van der Waals surface area (Å²) in [6, 6.07) is 16.6. The van der Waals surface area contributed by atoms with Crippen molar-refractivity contribution in [1.29, 1.82) is 0 Å². The van der Waals surface area contributed by atoms with Crippen LogP contribution in [0.25, 0.3) is 0 Å². The molecule has 0 aliphatic heterocycles. The summed E-state index contributed by atoms with van der Waals surface area (Å²) in [4.78, 5) is 33.1. The maximum absolute atomic E-state index is 12.4. The van der Waals surface area contributed by atoms with E-state index >= 15 is 0 Å². The summed E-state index contributed by atoms with van der Waals surface area (Å²) in [5.74, 6) is 0.383. The summed E-state index contributed by atoms with van der Waals surface area (Å²) in [7, 11) is 0. The van der Waals surface area contributed by atoms with Crippen LogP contribution in [0.15, 0.2) is 66.7 Å². The molecule has 0 saturated heterocycles. The van der Waals surface area contributed by atoms with Gasteiger partial charge in [-0.3, -0.25) is 25.0 Å². The van der Waals surface area contributed by atoms with Gasteiger partial charge in [0.25, 0.3) is 17.3 Å². The molecule has 0 aliphatic carbocycles. The van der Waals surface area contributed by atoms with E-state index in [0.717, 1.165) is 6.07 Å². The largest absolute Gasteiger partial charge is 0.494 e. The Hall–Kier alpha value is -4.47. The van der Waals surface area contributed by atoms with Crippen molar-refractivity contribution < 1.29 is 19.4 Å². The van der Waals surface area contributed by atoms with Crippen molar-refractivity contribution in [2.75, 3.05) is 17.2 Å². The zero-order chi connectivity index (χ0) is 22.4. The van der Waals surface area contributed by atoms with Gasteiger partial charge in [-0.15, -0.1) is 0 Å². The minimum absolute atomic E-state index is 0.0992. The molecule has 0 atom stereocenters. The molecular formula is C21H18N4O6. The molecule has 10 nitrogen and oxygen atoms in total. The third-order valence-corrected chi connectivity index (χ3v) is 4.24. The lowest BCUT2D eigenvalue weighted by Gasteiger charge is -2.09. The zero-order valence-electron chi connectivity index (χ0n) is 16.4. The molecule has 31 heavy (non-hydrogen) atoms. The summed E-state index contributed by atoms with van der Waals surface area (Å²) in [6.45, 7) is 2.43. The highest BCUT2D eigenvalue weighted by Gasteiger charge is 2.19. The van der Waals surface area contributed by atoms with Crippen LogP contribution < -0.4 is 15.4 Å². The fourth-order valence-electron chi connectivity index (χ4n) is 2.76. The number of nitrogens with zero attached hydrogens (tertiary/aromatic N) is 2. The van der Waals surface area contributed by atoms with Gasteiger partial charge in [0.15, 0.2) is 0 Å². The van der Waals surface area contributed by atoms with Crippen LogP contribution in [-0.4, -0.2) is 22.4 Å². The molecule has 0 radical (unpaired) electrons. The molecular weight excluding hydrogens is 404 g/mol. The quantitative estimate of drug-likeness (QED) is 0.389. The molecule has 3 rings (SSSR count). The molecule has 0 aromatic heterocycles. The van der Waals surface area contributed by atoms with Crippen LogP contribution in [0.1, 0.15) is 17.3 Å². The lowest BCUT2D eigenvalue weighted by molar-refractivity contribution is -0.393. The first kappa shape index (κ1) is 21.2. The fourth-order valence-corrected chi connectivity index (χ4v) is 2.76. The second kappa shape index (κ2) is 9.35. The first-order chi connectivity index (χ1) is 14.9. The maximum atomic E-state index is 12.4. The molecule has 0 heterocycles. The predicted molar refractivity (Wildman–Crippen MR) is 115 cm³/mol. The van der Waals surface area contributed by atoms with E-state index in [1.54, 1.807) is 48.5 Å². The van der Waals surface area contributed by atoms with Crippen LogP contribution in [0.5, 0.6) is 5.75 Å². The third-order valence-electron chi connectivity index (χ3n) is 4.24. The number of carbonyl (C=O) groups is 1. The van der Waals surface area contributed by atoms with Gasteiger partial charge in [-0.2, -0.15) is 0 Å². The van der Waals surface area contributed by atoms with Gasteiger partial charge in [0.2, 0.25) is 0 Å². The number of non-ortho nitro benzene ring substituents is 1. The Morgan fingerprint density at radius 1 is 0.903 bits per heavy atom. The molecule has 2 N–H and O–H groups in total. The van der Waals surface area contributed by atoms with Crippen LogP contribution in [0, 0.1) is 20.2 Å². The van der Waals surface area contributed by atoms with Crippen molar-refractivity contribution in [3.8, 4) is 5.75 Å². The van der Waals surface area contributed by atoms with Crippen LogP contribution in [0.4, 0.5) is 28.4 Å². The van der Waals surface area contributed by atoms with Gasteiger partial charge in [-0.1, -0.05) is 0 Å². The monoisotopic (exact) mass is 422 g/mol. The Morgan fingerprint density at radius 3 is 2.13 bits per heavy atom. The molecule has 0 spiro atoms. The zero-order valence-corrected chi connectivity index (χ0v) is 16.4. The van der Waals surface area contributed by atoms with E-state index in [2.05, 4.69) is 10.6 Å². The van der Waals surface area contributed by atoms with Gasteiger partial charge in [-0.05, 0) is 61.5 Å². The molecule has 3 aromatic rings. The summed E-state index contributed by atoms with van der Waals surface area (Å²) in [5, 5.41) is 27.7. The molecule has 158 valence electrons. The van der Waals surface area contributed by atoms with Crippen molar-refractivity contribution in [2.45, 2.75) is 6.92 Å². The van der Waals surface area contributed by atoms with Crippen molar-refractivity contribution >= 4 is 34.3 Å². The molecule has 10 heteroatoms. The summed E-state index contributed by atoms with van der Waals surface area (Å²) in [5.41, 5.74) is 0.775. The van der Waals surface area contributed by atoms with E-state index < -0.39 is 15.5 Å². The van der Waals surface area contributed by atoms with Crippen molar-refractivity contribution in [3.05, 3.63) is 92.5 Å². The first-order valence-electron chi connectivity index (χ1n) is 9.21. The van der Waals surface area contributed by atoms with Crippen molar-refractivity contribution in [3.63, 3.8) is 0 Å². The van der Waals surface area contributed by atoms with Gasteiger partial charge >= 0.3 is 0 Å². The molecule has 1 amide bonds. The topological polar surface area (TPSA) is 137 Å².